The average Bonchev–Trinajstić information content (AvgIpc) is 2.60. The van der Waals surface area contributed by atoms with Gasteiger partial charge in [0.2, 0.25) is 11.4 Å². The van der Waals surface area contributed by atoms with Crippen molar-refractivity contribution < 1.29 is 24.6 Å². The molecule has 0 bridgehead atoms. The molecule has 0 heterocycles. The number of hydrogen-bond donors (Lipinski definition) is 0. The summed E-state index contributed by atoms with van der Waals surface area (Å²) in [5, 5.41) is 59.8. The van der Waals surface area contributed by atoms with E-state index < -0.39 is 48.1 Å². The third-order valence-corrected chi connectivity index (χ3v) is 3.13. The molecular weight excluding hydrogens is 372 g/mol. The van der Waals surface area contributed by atoms with Gasteiger partial charge in [-0.25, -0.2) is 0 Å². The highest BCUT2D eigenvalue weighted by molar-refractivity contribution is 5.83. The zero-order chi connectivity index (χ0) is 20.3. The van der Waals surface area contributed by atoms with Crippen molar-refractivity contribution in [1.29, 1.82) is 0 Å². The number of azo groups is 1. The molecule has 0 spiro atoms. The number of rotatable bonds is 6. The summed E-state index contributed by atoms with van der Waals surface area (Å²) in [7, 11) is 0. The number of benzene rings is 2. The molecule has 0 atom stereocenters. The van der Waals surface area contributed by atoms with Crippen LogP contribution in [0.5, 0.6) is 0 Å². The summed E-state index contributed by atoms with van der Waals surface area (Å²) in [5.41, 5.74) is -7.60. The second-order valence-electron chi connectivity index (χ2n) is 4.70. The quantitative estimate of drug-likeness (QED) is 0.312. The summed E-state index contributed by atoms with van der Waals surface area (Å²) < 4.78 is 0. The Kier molecular flexibility index (Phi) is 4.96. The summed E-state index contributed by atoms with van der Waals surface area (Å²) in [6.07, 6.45) is 0. The van der Waals surface area contributed by atoms with Gasteiger partial charge in [0.05, 0.1) is 25.8 Å². The molecule has 0 N–H and O–H groups in total. The Hall–Kier alpha value is -4.56. The molecule has 0 saturated carbocycles. The van der Waals surface area contributed by atoms with Crippen LogP contribution in [0.2, 0.25) is 0 Å². The van der Waals surface area contributed by atoms with Crippen LogP contribution in [0.25, 0.3) is 0 Å². The van der Waals surface area contributed by atoms with Crippen LogP contribution in [0.3, 0.4) is 0 Å². The van der Waals surface area contributed by atoms with Crippen LogP contribution in [0.15, 0.2) is 41.5 Å². The van der Waals surface area contributed by atoms with Crippen LogP contribution in [0.1, 0.15) is 0 Å². The van der Waals surface area contributed by atoms with Gasteiger partial charge in [0.1, 0.15) is 0 Å². The Labute approximate surface area is 147 Å². The monoisotopic (exact) mass is 378 g/mol. The van der Waals surface area contributed by atoms with E-state index in [1.165, 1.54) is 24.3 Å². The fraction of sp³-hybridized carbons (Fsp3) is 0. The van der Waals surface area contributed by atoms with Crippen LogP contribution in [0.4, 0.5) is 34.1 Å². The molecule has 138 valence electrons. The van der Waals surface area contributed by atoms with Crippen molar-refractivity contribution >= 4 is 34.1 Å². The first kappa shape index (κ1) is 18.8. The normalized spacial score (nSPS) is 11.0. The van der Waals surface area contributed by atoms with Gasteiger partial charge in [0.25, 0.3) is 0 Å². The van der Waals surface area contributed by atoms with E-state index in [2.05, 4.69) is 5.11 Å². The Morgan fingerprint density at radius 2 is 1.19 bits per heavy atom. The molecule has 0 unspecified atom stereocenters. The molecule has 0 amide bonds. The Balaban J connectivity index is 2.93. The van der Waals surface area contributed by atoms with Gasteiger partial charge in [-0.05, 0) is 4.86 Å². The number of nitrogens with zero attached hydrogens (tertiary/aromatic N) is 6. The zero-order valence-corrected chi connectivity index (χ0v) is 12.8. The summed E-state index contributed by atoms with van der Waals surface area (Å²) in [4.78, 5) is 38.7. The van der Waals surface area contributed by atoms with Gasteiger partial charge in [0, 0.05) is 17.2 Å². The van der Waals surface area contributed by atoms with Crippen molar-refractivity contribution in [1.82, 2.24) is 0 Å². The maximum atomic E-state index is 12.0. The van der Waals surface area contributed by atoms with Crippen molar-refractivity contribution in [2.75, 3.05) is 0 Å². The highest BCUT2D eigenvalue weighted by Gasteiger charge is 2.47. The van der Waals surface area contributed by atoms with E-state index >= 15 is 0 Å². The van der Waals surface area contributed by atoms with Gasteiger partial charge in [-0.1, -0.05) is 18.2 Å². The van der Waals surface area contributed by atoms with Crippen molar-refractivity contribution in [3.63, 3.8) is 0 Å². The number of nitro benzene ring substituents is 4. The van der Waals surface area contributed by atoms with E-state index in [0.717, 1.165) is 0 Å². The SMILES string of the molecule is O=[N+]([O-])c1cc(N=[N+]([O-])c2ccccc2)c([N+](=O)[O-])c([N+](=O)[O-])c1[N+](=O)[O-]. The van der Waals surface area contributed by atoms with Gasteiger partial charge >= 0.3 is 22.7 Å². The molecule has 0 fully saturated rings. The minimum absolute atomic E-state index is 0.143. The standard InChI is InChI=1S/C12H6N6O9/c19-14(7-4-2-1-3-5-7)13-8-6-9(15(20)21)11(17(24)25)12(18(26)27)10(8)16(22)23/h1-6H. The molecule has 15 nitrogen and oxygen atoms in total. The summed E-state index contributed by atoms with van der Waals surface area (Å²) in [5.74, 6) is 0. The van der Waals surface area contributed by atoms with Crippen LogP contribution in [-0.4, -0.2) is 24.6 Å². The fourth-order valence-electron chi connectivity index (χ4n) is 2.08. The van der Waals surface area contributed by atoms with E-state index in [-0.39, 0.29) is 16.6 Å². The predicted molar refractivity (Wildman–Crippen MR) is 84.9 cm³/mol. The molecule has 0 radical (unpaired) electrons. The second-order valence-corrected chi connectivity index (χ2v) is 4.70. The summed E-state index contributed by atoms with van der Waals surface area (Å²) in [6.45, 7) is 0. The molecule has 0 aromatic heterocycles. The molecule has 0 aliphatic heterocycles. The largest absolute Gasteiger partial charge is 0.594 e. The first-order valence-corrected chi connectivity index (χ1v) is 6.67. The maximum Gasteiger partial charge on any atom is 0.432 e. The number of nitro groups is 4. The minimum Gasteiger partial charge on any atom is -0.594 e. The van der Waals surface area contributed by atoms with Crippen molar-refractivity contribution in [3.05, 3.63) is 82.1 Å². The summed E-state index contributed by atoms with van der Waals surface area (Å²) >= 11 is 0. The molecule has 0 aliphatic carbocycles. The third kappa shape index (κ3) is 3.60. The Bertz CT molecular complexity index is 1000. The molecule has 0 aliphatic rings. The van der Waals surface area contributed by atoms with Crippen molar-refractivity contribution in [3.8, 4) is 0 Å². The molecule has 0 saturated heterocycles. The van der Waals surface area contributed by atoms with Gasteiger partial charge < -0.3 is 5.21 Å². The lowest BCUT2D eigenvalue weighted by atomic mass is 10.1. The van der Waals surface area contributed by atoms with Gasteiger partial charge in [-0.15, -0.1) is 0 Å². The molecule has 27 heavy (non-hydrogen) atoms. The van der Waals surface area contributed by atoms with Crippen LogP contribution >= 0.6 is 0 Å². The van der Waals surface area contributed by atoms with E-state index in [9.17, 15) is 45.7 Å². The van der Waals surface area contributed by atoms with Crippen molar-refractivity contribution in [2.24, 2.45) is 5.11 Å². The summed E-state index contributed by atoms with van der Waals surface area (Å²) in [6, 6.07) is 7.14. The number of para-hydroxylation sites is 1. The minimum atomic E-state index is -1.75. The van der Waals surface area contributed by atoms with Gasteiger partial charge in [0.15, 0.2) is 0 Å². The van der Waals surface area contributed by atoms with Crippen LogP contribution < -0.4 is 0 Å². The Morgan fingerprint density at radius 3 is 1.63 bits per heavy atom. The van der Waals surface area contributed by atoms with Crippen molar-refractivity contribution in [2.45, 2.75) is 0 Å². The van der Waals surface area contributed by atoms with Gasteiger partial charge in [-0.2, -0.15) is 0 Å². The van der Waals surface area contributed by atoms with E-state index in [4.69, 9.17) is 0 Å². The first-order valence-electron chi connectivity index (χ1n) is 6.67. The molecule has 15 heteroatoms. The Morgan fingerprint density at radius 1 is 0.667 bits per heavy atom. The fourth-order valence-corrected chi connectivity index (χ4v) is 2.08. The third-order valence-electron chi connectivity index (χ3n) is 3.13. The van der Waals surface area contributed by atoms with Crippen LogP contribution in [-0.2, 0) is 0 Å². The predicted octanol–water partition coefficient (Wildman–Crippen LogP) is 3.25. The highest BCUT2D eigenvalue weighted by Crippen LogP contribution is 2.48. The lowest BCUT2D eigenvalue weighted by Crippen LogP contribution is -2.05. The van der Waals surface area contributed by atoms with E-state index in [1.807, 2.05) is 0 Å². The van der Waals surface area contributed by atoms with Crippen LogP contribution in [0, 0.1) is 45.7 Å². The van der Waals surface area contributed by atoms with E-state index in [0.29, 0.717) is 0 Å². The maximum absolute atomic E-state index is 12.0. The molecule has 2 aromatic rings. The molecule has 2 rings (SSSR count). The molecule has 2 aromatic carbocycles. The zero-order valence-electron chi connectivity index (χ0n) is 12.8. The van der Waals surface area contributed by atoms with E-state index in [1.54, 1.807) is 6.07 Å². The average molecular weight is 378 g/mol. The smallest absolute Gasteiger partial charge is 0.432 e. The number of hydrogen-bond acceptors (Lipinski definition) is 10. The topological polar surface area (TPSA) is 211 Å². The van der Waals surface area contributed by atoms with Gasteiger partial charge in [-0.3, -0.25) is 40.5 Å². The second kappa shape index (κ2) is 7.13. The lowest BCUT2D eigenvalue weighted by Gasteiger charge is -2.02. The lowest BCUT2D eigenvalue weighted by molar-refractivity contribution is -0.453. The molecular formula is C12H6N6O9. The first-order chi connectivity index (χ1) is 12.6. The highest BCUT2D eigenvalue weighted by atomic mass is 16.7.